The molecule has 2 fully saturated rings. The minimum Gasteiger partial charge on any atom is -0.483 e. The highest BCUT2D eigenvalue weighted by Crippen LogP contribution is 2.32. The van der Waals surface area contributed by atoms with E-state index in [1.54, 1.807) is 11.3 Å². The van der Waals surface area contributed by atoms with Crippen LogP contribution in [0.3, 0.4) is 0 Å². The van der Waals surface area contributed by atoms with Gasteiger partial charge in [0.25, 0.3) is 12.4 Å². The number of fused-ring (bicyclic) bond motifs is 3. The summed E-state index contributed by atoms with van der Waals surface area (Å²) in [5.41, 5.74) is 2.63. The summed E-state index contributed by atoms with van der Waals surface area (Å²) in [6.45, 7) is 1.54. The predicted molar refractivity (Wildman–Crippen MR) is 104 cm³/mol. The van der Waals surface area contributed by atoms with Crippen molar-refractivity contribution in [1.82, 2.24) is 20.0 Å². The van der Waals surface area contributed by atoms with Crippen LogP contribution in [-0.2, 0) is 4.79 Å². The average Bonchev–Trinajstić information content (AvgIpc) is 3.43. The second-order valence-electron chi connectivity index (χ2n) is 6.86. The third-order valence-corrected chi connectivity index (χ3v) is 6.27. The summed E-state index contributed by atoms with van der Waals surface area (Å²) in [5.74, 6) is 0.0609. The third kappa shape index (κ3) is 3.11. The van der Waals surface area contributed by atoms with Crippen LogP contribution in [0.15, 0.2) is 35.7 Å². The summed E-state index contributed by atoms with van der Waals surface area (Å²) < 4.78 is 0. The molecule has 2 atom stereocenters. The Morgan fingerprint density at radius 2 is 2.15 bits per heavy atom. The molecule has 0 aliphatic carbocycles. The van der Waals surface area contributed by atoms with Gasteiger partial charge in [0.1, 0.15) is 0 Å². The van der Waals surface area contributed by atoms with Gasteiger partial charge >= 0.3 is 0 Å². The molecule has 0 unspecified atom stereocenters. The fourth-order valence-corrected chi connectivity index (χ4v) is 4.75. The van der Waals surface area contributed by atoms with Gasteiger partial charge in [0.15, 0.2) is 5.69 Å². The number of nitrogens with zero attached hydrogens (tertiary/aromatic N) is 3. The SMILES string of the molecule is CN1C[C@@H]2C[C@H]1CN2C(=O)c1n[nH]c2cc(-c3cccs3)ccc12.O=CO. The van der Waals surface area contributed by atoms with Crippen molar-refractivity contribution in [3.8, 4) is 10.4 Å². The summed E-state index contributed by atoms with van der Waals surface area (Å²) >= 11 is 1.71. The Kier molecular flexibility index (Phi) is 4.67. The molecule has 0 spiro atoms. The highest BCUT2D eigenvalue weighted by atomic mass is 32.1. The number of likely N-dealkylation sites (tertiary alicyclic amines) is 2. The molecule has 8 heteroatoms. The molecule has 7 nitrogen and oxygen atoms in total. The molecule has 1 amide bonds. The number of nitrogens with one attached hydrogen (secondary N) is 1. The normalized spacial score (nSPS) is 21.3. The van der Waals surface area contributed by atoms with Gasteiger partial charge in [0, 0.05) is 35.4 Å². The second-order valence-corrected chi connectivity index (χ2v) is 7.80. The lowest BCUT2D eigenvalue weighted by Gasteiger charge is -2.31. The number of amides is 1. The highest BCUT2D eigenvalue weighted by Gasteiger charge is 2.44. The first-order valence-corrected chi connectivity index (χ1v) is 9.61. The zero-order valence-electron chi connectivity index (χ0n) is 14.8. The molecular weight excluding hydrogens is 364 g/mol. The van der Waals surface area contributed by atoms with Crippen LogP contribution in [0.2, 0.25) is 0 Å². The number of rotatable bonds is 2. The molecule has 2 N–H and O–H groups in total. The molecule has 2 aromatic heterocycles. The van der Waals surface area contributed by atoms with E-state index < -0.39 is 0 Å². The lowest BCUT2D eigenvalue weighted by Crippen LogP contribution is -2.47. The number of likely N-dealkylation sites (N-methyl/N-ethyl adjacent to an activating group) is 1. The van der Waals surface area contributed by atoms with Crippen molar-refractivity contribution in [1.29, 1.82) is 0 Å². The summed E-state index contributed by atoms with van der Waals surface area (Å²) in [6.07, 6.45) is 1.09. The fraction of sp³-hybridized carbons (Fsp3) is 0.316. The van der Waals surface area contributed by atoms with Crippen molar-refractivity contribution in [2.24, 2.45) is 0 Å². The zero-order chi connectivity index (χ0) is 19.0. The van der Waals surface area contributed by atoms with Gasteiger partial charge in [-0.1, -0.05) is 12.1 Å². The van der Waals surface area contributed by atoms with E-state index in [1.165, 1.54) is 4.88 Å². The number of carbonyl (C=O) groups excluding carboxylic acids is 1. The average molecular weight is 384 g/mol. The van der Waals surface area contributed by atoms with Crippen LogP contribution >= 0.6 is 11.3 Å². The van der Waals surface area contributed by atoms with E-state index in [9.17, 15) is 4.79 Å². The Balaban J connectivity index is 0.000000565. The lowest BCUT2D eigenvalue weighted by molar-refractivity contribution is -0.122. The van der Waals surface area contributed by atoms with E-state index in [-0.39, 0.29) is 12.4 Å². The van der Waals surface area contributed by atoms with Crippen molar-refractivity contribution in [2.75, 3.05) is 20.1 Å². The first kappa shape index (κ1) is 17.7. The zero-order valence-corrected chi connectivity index (χ0v) is 15.6. The van der Waals surface area contributed by atoms with Crippen molar-refractivity contribution in [2.45, 2.75) is 18.5 Å². The van der Waals surface area contributed by atoms with Gasteiger partial charge in [-0.2, -0.15) is 5.10 Å². The van der Waals surface area contributed by atoms with E-state index >= 15 is 0 Å². The number of carboxylic acid groups (broad SMARTS) is 1. The van der Waals surface area contributed by atoms with Crippen LogP contribution in [0.25, 0.3) is 21.3 Å². The summed E-state index contributed by atoms with van der Waals surface area (Å²) in [6, 6.07) is 11.2. The Hall–Kier alpha value is -2.71. The molecule has 140 valence electrons. The molecule has 0 radical (unpaired) electrons. The summed E-state index contributed by atoms with van der Waals surface area (Å²) in [5, 5.41) is 17.3. The molecule has 4 heterocycles. The minimum atomic E-state index is -0.250. The monoisotopic (exact) mass is 384 g/mol. The fourth-order valence-electron chi connectivity index (χ4n) is 4.03. The molecule has 27 heavy (non-hydrogen) atoms. The maximum Gasteiger partial charge on any atom is 0.290 e. The number of aromatic amines is 1. The molecule has 1 aromatic carbocycles. The molecule has 0 saturated carbocycles. The number of carbonyl (C=O) groups is 2. The Bertz CT molecular complexity index is 967. The Morgan fingerprint density at radius 3 is 2.78 bits per heavy atom. The van der Waals surface area contributed by atoms with Gasteiger partial charge in [-0.25, -0.2) is 0 Å². The number of benzene rings is 1. The number of H-pyrrole nitrogens is 1. The predicted octanol–water partition coefficient (Wildman–Crippen LogP) is 2.52. The molecule has 2 bridgehead atoms. The molecular formula is C19H20N4O3S. The van der Waals surface area contributed by atoms with Crippen LogP contribution in [0.1, 0.15) is 16.9 Å². The van der Waals surface area contributed by atoms with Crippen molar-refractivity contribution >= 4 is 34.6 Å². The molecule has 2 aliphatic heterocycles. The molecule has 5 rings (SSSR count). The molecule has 3 aromatic rings. The first-order valence-electron chi connectivity index (χ1n) is 8.73. The molecule has 2 aliphatic rings. The van der Waals surface area contributed by atoms with E-state index in [0.717, 1.165) is 36.0 Å². The maximum absolute atomic E-state index is 13.0. The quantitative estimate of drug-likeness (QED) is 0.663. The van der Waals surface area contributed by atoms with Crippen LogP contribution in [0.5, 0.6) is 0 Å². The lowest BCUT2D eigenvalue weighted by atomic mass is 10.1. The van der Waals surface area contributed by atoms with E-state index in [2.05, 4.69) is 45.7 Å². The summed E-state index contributed by atoms with van der Waals surface area (Å²) in [4.78, 5) is 26.9. The number of hydrogen-bond acceptors (Lipinski definition) is 5. The van der Waals surface area contributed by atoms with Gasteiger partial charge in [0.2, 0.25) is 0 Å². The topological polar surface area (TPSA) is 89.5 Å². The van der Waals surface area contributed by atoms with Gasteiger partial charge in [-0.3, -0.25) is 19.6 Å². The van der Waals surface area contributed by atoms with Crippen LogP contribution in [0, 0.1) is 0 Å². The first-order chi connectivity index (χ1) is 13.1. The van der Waals surface area contributed by atoms with Gasteiger partial charge in [-0.05, 0) is 42.6 Å². The van der Waals surface area contributed by atoms with Crippen molar-refractivity contribution in [3.05, 3.63) is 41.4 Å². The van der Waals surface area contributed by atoms with E-state index in [4.69, 9.17) is 9.90 Å². The smallest absolute Gasteiger partial charge is 0.290 e. The maximum atomic E-state index is 13.0. The van der Waals surface area contributed by atoms with Gasteiger partial charge in [0.05, 0.1) is 5.52 Å². The van der Waals surface area contributed by atoms with Gasteiger partial charge < -0.3 is 10.0 Å². The van der Waals surface area contributed by atoms with Crippen molar-refractivity contribution in [3.63, 3.8) is 0 Å². The Morgan fingerprint density at radius 1 is 1.33 bits per heavy atom. The summed E-state index contributed by atoms with van der Waals surface area (Å²) in [7, 11) is 2.14. The highest BCUT2D eigenvalue weighted by molar-refractivity contribution is 7.13. The standard InChI is InChI=1S/C18H18N4OS.CH2O2/c1-21-9-13-8-12(21)10-22(13)18(23)17-14-5-4-11(7-15(14)19-20-17)16-3-2-6-24-16;2-1-3/h2-7,12-13H,8-10H2,1H3,(H,19,20);1H,(H,2,3)/t12-,13-;/m0./s1. The Labute approximate surface area is 160 Å². The van der Waals surface area contributed by atoms with E-state index in [1.807, 2.05) is 17.0 Å². The minimum absolute atomic E-state index is 0.0609. The second kappa shape index (κ2) is 7.13. The number of thiophene rings is 1. The molecule has 2 saturated heterocycles. The van der Waals surface area contributed by atoms with Crippen LogP contribution in [0.4, 0.5) is 0 Å². The van der Waals surface area contributed by atoms with Crippen molar-refractivity contribution < 1.29 is 14.7 Å². The number of hydrogen-bond donors (Lipinski definition) is 2. The van der Waals surface area contributed by atoms with Crippen LogP contribution < -0.4 is 0 Å². The number of piperazine rings is 1. The largest absolute Gasteiger partial charge is 0.483 e. The van der Waals surface area contributed by atoms with Crippen LogP contribution in [-0.4, -0.2) is 69.7 Å². The van der Waals surface area contributed by atoms with Gasteiger partial charge in [-0.15, -0.1) is 11.3 Å². The number of aromatic nitrogens is 2. The van der Waals surface area contributed by atoms with E-state index in [0.29, 0.717) is 17.8 Å². The third-order valence-electron chi connectivity index (χ3n) is 5.35.